The molecule has 8 rings (SSSR count). The maximum absolute atomic E-state index is 4.00. The van der Waals surface area contributed by atoms with Crippen LogP contribution in [0.25, 0.3) is 5.57 Å². The van der Waals surface area contributed by atoms with E-state index in [-0.39, 0.29) is 24.8 Å². The fourth-order valence-electron chi connectivity index (χ4n) is 7.77. The van der Waals surface area contributed by atoms with Gasteiger partial charge in [-0.25, -0.2) is 24.1 Å². The van der Waals surface area contributed by atoms with E-state index in [0.29, 0.717) is 0 Å². The number of hydrogen-bond donors (Lipinski definition) is 0. The zero-order valence-electron chi connectivity index (χ0n) is 27.0. The van der Waals surface area contributed by atoms with Crippen molar-refractivity contribution in [1.29, 1.82) is 0 Å². The summed E-state index contributed by atoms with van der Waals surface area (Å²) < 4.78 is 3.34. The van der Waals surface area contributed by atoms with Crippen molar-refractivity contribution in [2.75, 3.05) is 0 Å². The molecule has 7 aliphatic rings. The van der Waals surface area contributed by atoms with Gasteiger partial charge in [-0.3, -0.25) is 6.08 Å². The summed E-state index contributed by atoms with van der Waals surface area (Å²) in [6, 6.07) is 9.07. The Balaban J connectivity index is 0.000000243. The molecule has 1 aromatic carbocycles. The van der Waals surface area contributed by atoms with E-state index in [9.17, 15) is 0 Å². The van der Waals surface area contributed by atoms with Crippen LogP contribution in [0.3, 0.4) is 0 Å². The van der Waals surface area contributed by atoms with Gasteiger partial charge in [0.1, 0.15) is 0 Å². The molecule has 0 aliphatic heterocycles. The molecular formula is C41H56Cl2Zr-4. The second kappa shape index (κ2) is 21.8. The van der Waals surface area contributed by atoms with Gasteiger partial charge in [-0.1, -0.05) is 130 Å². The molecule has 0 amide bonds. The second-order valence-corrected chi connectivity index (χ2v) is 12.9. The van der Waals surface area contributed by atoms with E-state index in [4.69, 9.17) is 0 Å². The zero-order valence-corrected chi connectivity index (χ0v) is 31.1. The van der Waals surface area contributed by atoms with Crippen LogP contribution in [-0.2, 0) is 30.7 Å². The van der Waals surface area contributed by atoms with E-state index in [0.717, 1.165) is 36.5 Å². The van der Waals surface area contributed by atoms with E-state index in [2.05, 4.69) is 73.0 Å². The van der Waals surface area contributed by atoms with Crippen molar-refractivity contribution in [2.45, 2.75) is 109 Å². The van der Waals surface area contributed by atoms with Crippen molar-refractivity contribution in [3.05, 3.63) is 109 Å². The van der Waals surface area contributed by atoms with Crippen LogP contribution in [0, 0.1) is 50.0 Å². The standard InChI is InChI=1S/C21H21.2C7H13.C5H5.CH2.2ClH.Zr/c1-2-8-15-14(7-1)13-20-18-11-4-3-9-16(18)17-10-5-6-12-19(17)21(15)20;2*1-7-5-3-2-4-6-7;1-2-4-5-3-1;;;;/h1-2,6-8,11-12,16-17H,3-5,9-10,13H2;2*7H,1-6H2;1-3H,4H2;1H2;2*1H;/q4*-1;;;;. The quantitative estimate of drug-likeness (QED) is 0.235. The molecule has 0 bridgehead atoms. The van der Waals surface area contributed by atoms with Crippen molar-refractivity contribution in [3.8, 4) is 0 Å². The number of rotatable bonds is 0. The van der Waals surface area contributed by atoms with Crippen molar-refractivity contribution in [3.63, 3.8) is 0 Å². The van der Waals surface area contributed by atoms with Crippen LogP contribution in [0.1, 0.15) is 114 Å². The number of halogens is 2. The van der Waals surface area contributed by atoms with Crippen LogP contribution >= 0.6 is 24.8 Å². The molecule has 0 nitrogen and oxygen atoms in total. The number of allylic oxidation sites excluding steroid dienone is 10. The molecule has 2 unspecified atom stereocenters. The average molecular weight is 711 g/mol. The van der Waals surface area contributed by atoms with Gasteiger partial charge in [-0.05, 0) is 36.7 Å². The molecule has 0 heterocycles. The minimum atomic E-state index is 0. The van der Waals surface area contributed by atoms with Gasteiger partial charge in [0.15, 0.2) is 0 Å². The summed E-state index contributed by atoms with van der Waals surface area (Å²) in [4.78, 5) is 0. The molecule has 3 saturated carbocycles. The second-order valence-electron chi connectivity index (χ2n) is 12.9. The summed E-state index contributed by atoms with van der Waals surface area (Å²) in [5.74, 6) is 3.17. The van der Waals surface area contributed by atoms with Crippen LogP contribution in [0.4, 0.5) is 0 Å². The minimum absolute atomic E-state index is 0. The monoisotopic (exact) mass is 708 g/mol. The van der Waals surface area contributed by atoms with Gasteiger partial charge in [0.05, 0.1) is 0 Å². The van der Waals surface area contributed by atoms with Crippen LogP contribution in [-0.4, -0.2) is 4.21 Å². The summed E-state index contributed by atoms with van der Waals surface area (Å²) >= 11 is 1.30. The van der Waals surface area contributed by atoms with Gasteiger partial charge in [0.2, 0.25) is 0 Å². The normalized spacial score (nSPS) is 24.2. The van der Waals surface area contributed by atoms with E-state index in [1.165, 1.54) is 126 Å². The SMILES string of the molecule is C1=CC2=C3C(=C4[CH-]CCCC4C2CC1)Cc1ccccc13.Cl.Cl.[C-]1=CC=CC1.[CH2-]C1CCCCC1.[CH2-]C1CCCCC1.[CH2]=[Zr]. The Morgan fingerprint density at radius 1 is 0.773 bits per heavy atom. The van der Waals surface area contributed by atoms with Crippen LogP contribution < -0.4 is 0 Å². The molecule has 0 spiro atoms. The Kier molecular flexibility index (Phi) is 19.5. The summed E-state index contributed by atoms with van der Waals surface area (Å²) in [5, 5.41) is 0. The Morgan fingerprint density at radius 2 is 1.43 bits per heavy atom. The maximum atomic E-state index is 4.00. The molecule has 7 aliphatic carbocycles. The Morgan fingerprint density at radius 3 is 1.98 bits per heavy atom. The number of fused-ring (bicyclic) bond motifs is 6. The fraction of sp³-hybridized carbons (Fsp3) is 0.512. The third kappa shape index (κ3) is 11.1. The molecule has 44 heavy (non-hydrogen) atoms. The molecule has 2 atom stereocenters. The molecule has 1 aromatic rings. The Bertz CT molecular complexity index is 1100. The van der Waals surface area contributed by atoms with E-state index < -0.39 is 0 Å². The van der Waals surface area contributed by atoms with Crippen molar-refractivity contribution < 1.29 is 24.2 Å². The first-order valence-corrected chi connectivity index (χ1v) is 18.7. The average Bonchev–Trinajstić information content (AvgIpc) is 3.76. The third-order valence-corrected chi connectivity index (χ3v) is 9.94. The molecule has 0 aromatic heterocycles. The van der Waals surface area contributed by atoms with Crippen LogP contribution in [0.2, 0.25) is 0 Å². The topological polar surface area (TPSA) is 0 Å². The van der Waals surface area contributed by atoms with Gasteiger partial charge in [-0.2, -0.15) is 23.5 Å². The van der Waals surface area contributed by atoms with Crippen molar-refractivity contribution >= 4 is 34.6 Å². The summed E-state index contributed by atoms with van der Waals surface area (Å²) in [6.45, 7) is 8.00. The van der Waals surface area contributed by atoms with E-state index >= 15 is 0 Å². The predicted octanol–water partition coefficient (Wildman–Crippen LogP) is 12.2. The van der Waals surface area contributed by atoms with Crippen molar-refractivity contribution in [2.24, 2.45) is 23.7 Å². The summed E-state index contributed by atoms with van der Waals surface area (Å²) in [5.41, 5.74) is 9.71. The number of benzene rings is 1. The van der Waals surface area contributed by atoms with Crippen molar-refractivity contribution in [1.82, 2.24) is 0 Å². The van der Waals surface area contributed by atoms with Crippen LogP contribution in [0.15, 0.2) is 71.4 Å². The zero-order chi connectivity index (χ0) is 29.6. The Labute approximate surface area is 298 Å². The van der Waals surface area contributed by atoms with Gasteiger partial charge in [0.25, 0.3) is 0 Å². The molecule has 242 valence electrons. The van der Waals surface area contributed by atoms with Crippen LogP contribution in [0.5, 0.6) is 0 Å². The van der Waals surface area contributed by atoms with E-state index in [1.807, 2.05) is 12.2 Å². The molecule has 0 N–H and O–H groups in total. The molecular weight excluding hydrogens is 655 g/mol. The first kappa shape index (κ1) is 39.3. The van der Waals surface area contributed by atoms with Gasteiger partial charge in [-0.15, -0.1) is 37.7 Å². The Hall–Kier alpha value is -0.877. The fourth-order valence-corrected chi connectivity index (χ4v) is 7.77. The first-order valence-electron chi connectivity index (χ1n) is 17.0. The third-order valence-electron chi connectivity index (χ3n) is 9.94. The first-order chi connectivity index (χ1) is 20.7. The molecule has 3 heteroatoms. The summed E-state index contributed by atoms with van der Waals surface area (Å²) in [6.07, 6.45) is 39.4. The summed E-state index contributed by atoms with van der Waals surface area (Å²) in [7, 11) is 0. The number of hydrogen-bond acceptors (Lipinski definition) is 0. The van der Waals surface area contributed by atoms with Gasteiger partial charge >= 0.3 is 28.4 Å². The van der Waals surface area contributed by atoms with Gasteiger partial charge in [0, 0.05) is 0 Å². The predicted molar refractivity (Wildman–Crippen MR) is 195 cm³/mol. The molecule has 0 saturated heterocycles. The molecule has 0 radical (unpaired) electrons. The van der Waals surface area contributed by atoms with E-state index in [1.54, 1.807) is 27.9 Å². The molecule has 3 fully saturated rings. The van der Waals surface area contributed by atoms with Gasteiger partial charge < -0.3 is 13.8 Å².